The van der Waals surface area contributed by atoms with Crippen molar-refractivity contribution in [1.29, 1.82) is 0 Å². The van der Waals surface area contributed by atoms with Gasteiger partial charge in [-0.15, -0.1) is 0 Å². The first-order valence-corrected chi connectivity index (χ1v) is 6.30. The number of nitrogens with zero attached hydrogens (tertiary/aromatic N) is 1. The fraction of sp³-hybridized carbons (Fsp3) is 0.692. The van der Waals surface area contributed by atoms with E-state index in [4.69, 9.17) is 9.26 Å². The van der Waals surface area contributed by atoms with Crippen molar-refractivity contribution in [3.63, 3.8) is 0 Å². The van der Waals surface area contributed by atoms with Gasteiger partial charge in [0.15, 0.2) is 0 Å². The van der Waals surface area contributed by atoms with Crippen molar-refractivity contribution in [3.8, 4) is 0 Å². The summed E-state index contributed by atoms with van der Waals surface area (Å²) >= 11 is 0. The zero-order chi connectivity index (χ0) is 13.7. The number of hydrogen-bond acceptors (Lipinski definition) is 5. The van der Waals surface area contributed by atoms with E-state index in [0.29, 0.717) is 13.0 Å². The number of ether oxygens (including phenoxy) is 1. The fourth-order valence-electron chi connectivity index (χ4n) is 2.15. The van der Waals surface area contributed by atoms with Gasteiger partial charge < -0.3 is 14.6 Å². The van der Waals surface area contributed by atoms with E-state index in [1.165, 1.54) is 0 Å². The third kappa shape index (κ3) is 3.84. The summed E-state index contributed by atoms with van der Waals surface area (Å²) in [5.74, 6) is 0.638. The lowest BCUT2D eigenvalue weighted by Crippen LogP contribution is -2.32. The van der Waals surface area contributed by atoms with Gasteiger partial charge in [0.05, 0.1) is 18.7 Å². The van der Waals surface area contributed by atoms with Gasteiger partial charge in [-0.2, -0.15) is 0 Å². The Morgan fingerprint density at radius 2 is 2.11 bits per heavy atom. The van der Waals surface area contributed by atoms with Crippen LogP contribution in [-0.4, -0.2) is 23.8 Å². The first-order chi connectivity index (χ1) is 8.45. The molecule has 0 fully saturated rings. The van der Waals surface area contributed by atoms with E-state index < -0.39 is 0 Å². The predicted octanol–water partition coefficient (Wildman–Crippen LogP) is 2.28. The summed E-state index contributed by atoms with van der Waals surface area (Å²) in [5, 5.41) is 7.28. The Hall–Kier alpha value is -1.36. The SMILES string of the molecule is CCOC(=O)CC(C)NC(C)c1c(C)noc1C. The van der Waals surface area contributed by atoms with E-state index in [1.54, 1.807) is 0 Å². The number of nitrogens with one attached hydrogen (secondary N) is 1. The summed E-state index contributed by atoms with van der Waals surface area (Å²) < 4.78 is 10.1. The molecule has 0 bridgehead atoms. The summed E-state index contributed by atoms with van der Waals surface area (Å²) in [6.45, 7) is 10.0. The summed E-state index contributed by atoms with van der Waals surface area (Å²) in [4.78, 5) is 11.4. The smallest absolute Gasteiger partial charge is 0.307 e. The van der Waals surface area contributed by atoms with Crippen LogP contribution >= 0.6 is 0 Å². The molecule has 0 amide bonds. The number of aromatic nitrogens is 1. The van der Waals surface area contributed by atoms with Crippen LogP contribution in [0.15, 0.2) is 4.52 Å². The van der Waals surface area contributed by atoms with Crippen LogP contribution in [0.2, 0.25) is 0 Å². The fourth-order valence-corrected chi connectivity index (χ4v) is 2.15. The van der Waals surface area contributed by atoms with Gasteiger partial charge in [0.1, 0.15) is 5.76 Å². The number of esters is 1. The van der Waals surface area contributed by atoms with Gasteiger partial charge in [-0.3, -0.25) is 4.79 Å². The lowest BCUT2D eigenvalue weighted by molar-refractivity contribution is -0.143. The average Bonchev–Trinajstić information content (AvgIpc) is 2.58. The monoisotopic (exact) mass is 254 g/mol. The average molecular weight is 254 g/mol. The number of hydrogen-bond donors (Lipinski definition) is 1. The highest BCUT2D eigenvalue weighted by Crippen LogP contribution is 2.21. The highest BCUT2D eigenvalue weighted by molar-refractivity contribution is 5.70. The second-order valence-corrected chi connectivity index (χ2v) is 4.54. The van der Waals surface area contributed by atoms with E-state index in [0.717, 1.165) is 17.0 Å². The Morgan fingerprint density at radius 3 is 2.61 bits per heavy atom. The van der Waals surface area contributed by atoms with Crippen molar-refractivity contribution in [3.05, 3.63) is 17.0 Å². The Morgan fingerprint density at radius 1 is 1.44 bits per heavy atom. The topological polar surface area (TPSA) is 64.4 Å². The standard InChI is InChI=1S/C13H22N2O3/c1-6-17-12(16)7-8(2)14-9(3)13-10(4)15-18-11(13)5/h8-9,14H,6-7H2,1-5H3. The van der Waals surface area contributed by atoms with Crippen LogP contribution in [-0.2, 0) is 9.53 Å². The van der Waals surface area contributed by atoms with Gasteiger partial charge >= 0.3 is 5.97 Å². The minimum atomic E-state index is -0.177. The molecule has 1 rings (SSSR count). The molecule has 1 N–H and O–H groups in total. The third-order valence-electron chi connectivity index (χ3n) is 2.83. The zero-order valence-electron chi connectivity index (χ0n) is 11.7. The minimum Gasteiger partial charge on any atom is -0.466 e. The molecule has 5 nitrogen and oxygen atoms in total. The molecule has 0 aromatic carbocycles. The van der Waals surface area contributed by atoms with Crippen molar-refractivity contribution in [1.82, 2.24) is 10.5 Å². The molecular formula is C13H22N2O3. The van der Waals surface area contributed by atoms with Crippen molar-refractivity contribution >= 4 is 5.97 Å². The maximum absolute atomic E-state index is 11.4. The van der Waals surface area contributed by atoms with Crippen molar-refractivity contribution in [2.45, 2.75) is 53.1 Å². The number of rotatable bonds is 6. The maximum Gasteiger partial charge on any atom is 0.307 e. The molecule has 0 saturated carbocycles. The van der Waals surface area contributed by atoms with Gasteiger partial charge in [0.25, 0.3) is 0 Å². The third-order valence-corrected chi connectivity index (χ3v) is 2.83. The molecular weight excluding hydrogens is 232 g/mol. The Labute approximate surface area is 108 Å². The van der Waals surface area contributed by atoms with E-state index in [9.17, 15) is 4.79 Å². The molecule has 0 aliphatic heterocycles. The van der Waals surface area contributed by atoms with Crippen LogP contribution in [0.4, 0.5) is 0 Å². The van der Waals surface area contributed by atoms with Crippen molar-refractivity contribution in [2.75, 3.05) is 6.61 Å². The molecule has 2 unspecified atom stereocenters. The number of carbonyl (C=O) groups is 1. The molecule has 2 atom stereocenters. The largest absolute Gasteiger partial charge is 0.466 e. The van der Waals surface area contributed by atoms with Gasteiger partial charge in [0, 0.05) is 17.6 Å². The normalized spacial score (nSPS) is 14.3. The molecule has 18 heavy (non-hydrogen) atoms. The van der Waals surface area contributed by atoms with Crippen LogP contribution in [0.25, 0.3) is 0 Å². The lowest BCUT2D eigenvalue weighted by Gasteiger charge is -2.19. The molecule has 0 spiro atoms. The van der Waals surface area contributed by atoms with E-state index in [1.807, 2.05) is 34.6 Å². The number of aryl methyl sites for hydroxylation is 2. The molecule has 1 aromatic heterocycles. The Bertz CT molecular complexity index is 381. The van der Waals surface area contributed by atoms with Crippen LogP contribution < -0.4 is 5.32 Å². The maximum atomic E-state index is 11.4. The molecule has 1 aromatic rings. The second kappa shape index (κ2) is 6.54. The van der Waals surface area contributed by atoms with Crippen LogP contribution in [0.3, 0.4) is 0 Å². The van der Waals surface area contributed by atoms with Gasteiger partial charge in [-0.05, 0) is 34.6 Å². The van der Waals surface area contributed by atoms with E-state index in [-0.39, 0.29) is 18.1 Å². The highest BCUT2D eigenvalue weighted by atomic mass is 16.5. The quantitative estimate of drug-likeness (QED) is 0.789. The molecule has 0 radical (unpaired) electrons. The summed E-state index contributed by atoms with van der Waals surface area (Å²) in [7, 11) is 0. The number of carbonyl (C=O) groups excluding carboxylic acids is 1. The van der Waals surface area contributed by atoms with E-state index >= 15 is 0 Å². The minimum absolute atomic E-state index is 0.0488. The first-order valence-electron chi connectivity index (χ1n) is 6.30. The summed E-state index contributed by atoms with van der Waals surface area (Å²) in [6.07, 6.45) is 0.363. The highest BCUT2D eigenvalue weighted by Gasteiger charge is 2.19. The molecule has 5 heteroatoms. The zero-order valence-corrected chi connectivity index (χ0v) is 11.7. The predicted molar refractivity (Wildman–Crippen MR) is 68.2 cm³/mol. The van der Waals surface area contributed by atoms with Gasteiger partial charge in [0.2, 0.25) is 0 Å². The van der Waals surface area contributed by atoms with Crippen LogP contribution in [0.5, 0.6) is 0 Å². The Balaban J connectivity index is 2.54. The molecule has 1 heterocycles. The van der Waals surface area contributed by atoms with Gasteiger partial charge in [-0.25, -0.2) is 0 Å². The van der Waals surface area contributed by atoms with E-state index in [2.05, 4.69) is 10.5 Å². The molecule has 0 aliphatic rings. The lowest BCUT2D eigenvalue weighted by atomic mass is 10.1. The van der Waals surface area contributed by atoms with Crippen molar-refractivity contribution in [2.24, 2.45) is 0 Å². The Kier molecular flexibility index (Phi) is 5.34. The van der Waals surface area contributed by atoms with Crippen LogP contribution in [0.1, 0.15) is 50.3 Å². The first kappa shape index (κ1) is 14.7. The van der Waals surface area contributed by atoms with Crippen molar-refractivity contribution < 1.29 is 14.1 Å². The van der Waals surface area contributed by atoms with Gasteiger partial charge in [-0.1, -0.05) is 5.16 Å². The molecule has 0 aliphatic carbocycles. The summed E-state index contributed by atoms with van der Waals surface area (Å²) in [6, 6.07) is 0.147. The molecule has 0 saturated heterocycles. The summed E-state index contributed by atoms with van der Waals surface area (Å²) in [5.41, 5.74) is 1.95. The second-order valence-electron chi connectivity index (χ2n) is 4.54. The molecule has 102 valence electrons. The van der Waals surface area contributed by atoms with Crippen LogP contribution in [0, 0.1) is 13.8 Å².